The Morgan fingerprint density at radius 1 is 1.18 bits per heavy atom. The first kappa shape index (κ1) is 13.6. The third-order valence-corrected chi connectivity index (χ3v) is 4.77. The topological polar surface area (TPSA) is 96.4 Å². The molecule has 2 fully saturated rings. The molecule has 22 heavy (non-hydrogen) atoms. The summed E-state index contributed by atoms with van der Waals surface area (Å²) >= 11 is 0. The van der Waals surface area contributed by atoms with Crippen molar-refractivity contribution >= 4 is 11.8 Å². The standard InChI is InChI=1S/C16H16O6/c1-6-2-7-3-11-15(22-11)14(19)13-9(12(7)16(20)21-6)4-8(17)5-10(13)18/h4-7,11-12,15,17-18H,2-3H2,1H3/t6-,7?,11+,12?,15+/m0/s1. The van der Waals surface area contributed by atoms with E-state index in [1.165, 1.54) is 6.07 Å². The molecule has 6 heteroatoms. The maximum Gasteiger partial charge on any atom is 0.313 e. The maximum atomic E-state index is 12.5. The molecule has 0 bridgehead atoms. The van der Waals surface area contributed by atoms with Crippen molar-refractivity contribution in [2.75, 3.05) is 0 Å². The van der Waals surface area contributed by atoms with Gasteiger partial charge in [0.25, 0.3) is 0 Å². The second-order valence-electron chi connectivity index (χ2n) is 6.35. The van der Waals surface area contributed by atoms with Crippen molar-refractivity contribution in [3.8, 4) is 11.5 Å². The summed E-state index contributed by atoms with van der Waals surface area (Å²) in [4.78, 5) is 24.9. The first-order valence-corrected chi connectivity index (χ1v) is 7.41. The van der Waals surface area contributed by atoms with Gasteiger partial charge in [0.2, 0.25) is 0 Å². The van der Waals surface area contributed by atoms with Crippen LogP contribution >= 0.6 is 0 Å². The molecule has 0 saturated carbocycles. The van der Waals surface area contributed by atoms with E-state index in [4.69, 9.17) is 9.47 Å². The third-order valence-electron chi connectivity index (χ3n) is 4.77. The molecule has 4 rings (SSSR count). The normalized spacial score (nSPS) is 36.3. The highest BCUT2D eigenvalue weighted by atomic mass is 16.6. The summed E-state index contributed by atoms with van der Waals surface area (Å²) in [6.45, 7) is 1.84. The van der Waals surface area contributed by atoms with Gasteiger partial charge in [0.05, 0.1) is 23.7 Å². The Hall–Kier alpha value is -2.08. The Kier molecular flexibility index (Phi) is 2.75. The molecule has 0 spiro atoms. The molecule has 2 unspecified atom stereocenters. The third kappa shape index (κ3) is 1.90. The van der Waals surface area contributed by atoms with Crippen LogP contribution in [0.3, 0.4) is 0 Å². The van der Waals surface area contributed by atoms with E-state index in [2.05, 4.69) is 0 Å². The summed E-state index contributed by atoms with van der Waals surface area (Å²) in [5, 5.41) is 19.9. The fourth-order valence-corrected chi connectivity index (χ4v) is 3.83. The number of ketones is 1. The van der Waals surface area contributed by atoms with E-state index >= 15 is 0 Å². The number of cyclic esters (lactones) is 1. The molecule has 5 atom stereocenters. The second-order valence-corrected chi connectivity index (χ2v) is 6.35. The van der Waals surface area contributed by atoms with Gasteiger partial charge < -0.3 is 19.7 Å². The van der Waals surface area contributed by atoms with E-state index in [9.17, 15) is 19.8 Å². The molecule has 2 N–H and O–H groups in total. The van der Waals surface area contributed by atoms with E-state index in [-0.39, 0.29) is 41.0 Å². The zero-order chi connectivity index (χ0) is 15.6. The molecule has 1 aromatic rings. The van der Waals surface area contributed by atoms with Crippen LogP contribution in [0.2, 0.25) is 0 Å². The highest BCUT2D eigenvalue weighted by Gasteiger charge is 2.53. The minimum Gasteiger partial charge on any atom is -0.508 e. The number of epoxide rings is 1. The molecule has 1 aromatic carbocycles. The number of phenols is 2. The van der Waals surface area contributed by atoms with Gasteiger partial charge in [0, 0.05) is 6.07 Å². The van der Waals surface area contributed by atoms with E-state index in [1.54, 1.807) is 0 Å². The Balaban J connectivity index is 1.91. The van der Waals surface area contributed by atoms with E-state index in [0.717, 1.165) is 6.07 Å². The molecule has 2 saturated heterocycles. The molecule has 116 valence electrons. The second kappa shape index (κ2) is 4.46. The quantitative estimate of drug-likeness (QED) is 0.557. The molecule has 1 aliphatic carbocycles. The van der Waals surface area contributed by atoms with Gasteiger partial charge >= 0.3 is 5.97 Å². The molecular weight excluding hydrogens is 288 g/mol. The van der Waals surface area contributed by atoms with Crippen molar-refractivity contribution in [3.63, 3.8) is 0 Å². The van der Waals surface area contributed by atoms with Crippen molar-refractivity contribution in [1.82, 2.24) is 0 Å². The van der Waals surface area contributed by atoms with Crippen molar-refractivity contribution in [1.29, 1.82) is 0 Å². The fourth-order valence-electron chi connectivity index (χ4n) is 3.83. The Labute approximate surface area is 126 Å². The summed E-state index contributed by atoms with van der Waals surface area (Å²) in [5.41, 5.74) is 0.421. The minimum atomic E-state index is -0.654. The number of carbonyl (C=O) groups is 2. The fraction of sp³-hybridized carbons (Fsp3) is 0.500. The van der Waals surface area contributed by atoms with Gasteiger partial charge in [0.15, 0.2) is 5.78 Å². The number of hydrogen-bond acceptors (Lipinski definition) is 6. The van der Waals surface area contributed by atoms with Crippen LogP contribution in [0, 0.1) is 5.92 Å². The van der Waals surface area contributed by atoms with Gasteiger partial charge in [-0.15, -0.1) is 0 Å². The van der Waals surface area contributed by atoms with Gasteiger partial charge in [-0.05, 0) is 37.3 Å². The van der Waals surface area contributed by atoms with Crippen LogP contribution in [-0.2, 0) is 14.3 Å². The van der Waals surface area contributed by atoms with Crippen LogP contribution in [0.15, 0.2) is 12.1 Å². The number of ether oxygens (including phenoxy) is 2. The Morgan fingerprint density at radius 2 is 1.95 bits per heavy atom. The van der Waals surface area contributed by atoms with Gasteiger partial charge in [-0.3, -0.25) is 9.59 Å². The lowest BCUT2D eigenvalue weighted by atomic mass is 9.74. The summed E-state index contributed by atoms with van der Waals surface area (Å²) in [6, 6.07) is 2.49. The number of hydrogen-bond donors (Lipinski definition) is 2. The zero-order valence-electron chi connectivity index (χ0n) is 12.0. The monoisotopic (exact) mass is 304 g/mol. The first-order chi connectivity index (χ1) is 10.5. The zero-order valence-corrected chi connectivity index (χ0v) is 12.0. The number of esters is 1. The van der Waals surface area contributed by atoms with E-state index < -0.39 is 18.0 Å². The number of fused-ring (bicyclic) bond motifs is 4. The summed E-state index contributed by atoms with van der Waals surface area (Å²) in [7, 11) is 0. The summed E-state index contributed by atoms with van der Waals surface area (Å²) in [5.74, 6) is -1.92. The number of aromatic hydroxyl groups is 2. The molecular formula is C16H16O6. The number of rotatable bonds is 0. The van der Waals surface area contributed by atoms with Gasteiger partial charge in [-0.25, -0.2) is 0 Å². The van der Waals surface area contributed by atoms with Crippen LogP contribution < -0.4 is 0 Å². The van der Waals surface area contributed by atoms with Crippen LogP contribution in [0.25, 0.3) is 0 Å². The van der Waals surface area contributed by atoms with Crippen molar-refractivity contribution in [3.05, 3.63) is 23.3 Å². The predicted octanol–water partition coefficient (Wildman–Crippen LogP) is 1.49. The van der Waals surface area contributed by atoms with Crippen molar-refractivity contribution in [2.24, 2.45) is 5.92 Å². The van der Waals surface area contributed by atoms with Gasteiger partial charge in [-0.1, -0.05) is 0 Å². The average molecular weight is 304 g/mol. The van der Waals surface area contributed by atoms with Gasteiger partial charge in [0.1, 0.15) is 17.6 Å². The van der Waals surface area contributed by atoms with Crippen LogP contribution in [0.5, 0.6) is 11.5 Å². The summed E-state index contributed by atoms with van der Waals surface area (Å²) in [6.07, 6.45) is 0.349. The smallest absolute Gasteiger partial charge is 0.313 e. The molecule has 0 amide bonds. The molecule has 2 aliphatic heterocycles. The largest absolute Gasteiger partial charge is 0.508 e. The average Bonchev–Trinajstić information content (AvgIpc) is 3.14. The molecule has 2 heterocycles. The molecule has 0 radical (unpaired) electrons. The lowest BCUT2D eigenvalue weighted by molar-refractivity contribution is -0.158. The van der Waals surface area contributed by atoms with Crippen LogP contribution in [0.1, 0.15) is 41.6 Å². The predicted molar refractivity (Wildman–Crippen MR) is 73.8 cm³/mol. The highest BCUT2D eigenvalue weighted by Crippen LogP contribution is 2.48. The lowest BCUT2D eigenvalue weighted by Gasteiger charge is -2.35. The molecule has 6 nitrogen and oxygen atoms in total. The van der Waals surface area contributed by atoms with Crippen molar-refractivity contribution < 1.29 is 29.3 Å². The Bertz CT molecular complexity index is 681. The Morgan fingerprint density at radius 3 is 2.73 bits per heavy atom. The molecule has 0 aromatic heterocycles. The van der Waals surface area contributed by atoms with E-state index in [0.29, 0.717) is 18.4 Å². The van der Waals surface area contributed by atoms with E-state index in [1.807, 2.05) is 6.92 Å². The van der Waals surface area contributed by atoms with Gasteiger partial charge in [-0.2, -0.15) is 0 Å². The number of carbonyl (C=O) groups excluding carboxylic acids is 2. The summed E-state index contributed by atoms with van der Waals surface area (Å²) < 4.78 is 10.8. The number of phenolic OH excluding ortho intramolecular Hbond substituents is 2. The van der Waals surface area contributed by atoms with Crippen molar-refractivity contribution in [2.45, 2.75) is 44.0 Å². The van der Waals surface area contributed by atoms with Crippen LogP contribution in [0.4, 0.5) is 0 Å². The highest BCUT2D eigenvalue weighted by molar-refractivity contribution is 6.06. The SMILES string of the molecule is C[C@H]1CC2C[C@H]3O[C@H]3C(=O)c3c(O)cc(O)cc3C2C(=O)O1. The number of benzene rings is 1. The van der Waals surface area contributed by atoms with Crippen LogP contribution in [-0.4, -0.2) is 40.3 Å². The molecule has 3 aliphatic rings. The maximum absolute atomic E-state index is 12.5. The minimum absolute atomic E-state index is 0.0284. The number of Topliss-reactive ketones (excluding diaryl/α,β-unsaturated/α-hetero) is 1. The first-order valence-electron chi connectivity index (χ1n) is 7.41. The lowest BCUT2D eigenvalue weighted by Crippen LogP contribution is -2.38.